The number of hydrogen-bond donors (Lipinski definition) is 1. The molecule has 1 aromatic heterocycles. The lowest BCUT2D eigenvalue weighted by atomic mass is 10.1. The van der Waals surface area contributed by atoms with E-state index in [4.69, 9.17) is 0 Å². The summed E-state index contributed by atoms with van der Waals surface area (Å²) in [4.78, 5) is 25.2. The topological polar surface area (TPSA) is 46.2 Å². The maximum Gasteiger partial charge on any atom is 0.265 e. The van der Waals surface area contributed by atoms with Crippen LogP contribution in [0.25, 0.3) is 21.5 Å². The molecule has 0 aliphatic heterocycles. The SMILES string of the molecule is O=C(Nc1cccc2ccccc12)c1cc2ccccc2c(=O)s1. The molecule has 3 aromatic carbocycles. The van der Waals surface area contributed by atoms with Crippen molar-refractivity contribution in [3.8, 4) is 0 Å². The Hall–Kier alpha value is -2.98. The minimum Gasteiger partial charge on any atom is -0.321 e. The van der Waals surface area contributed by atoms with Crippen LogP contribution >= 0.6 is 11.3 Å². The molecular formula is C20H13NO2S. The third-order valence-corrected chi connectivity index (χ3v) is 4.86. The summed E-state index contributed by atoms with van der Waals surface area (Å²) in [6.45, 7) is 0. The first kappa shape index (κ1) is 14.6. The Bertz CT molecular complexity index is 1130. The standard InChI is InChI=1S/C20H13NO2S/c22-19(18-12-14-7-2-4-10-16(14)20(23)24-18)21-17-11-5-8-13-6-1-3-9-15(13)17/h1-12H,(H,21,22). The fourth-order valence-corrected chi connectivity index (χ4v) is 3.59. The zero-order valence-corrected chi connectivity index (χ0v) is 13.5. The number of benzene rings is 3. The van der Waals surface area contributed by atoms with E-state index in [0.717, 1.165) is 33.2 Å². The van der Waals surface area contributed by atoms with Crippen LogP contribution in [-0.4, -0.2) is 5.91 Å². The molecule has 3 nitrogen and oxygen atoms in total. The lowest BCUT2D eigenvalue weighted by Gasteiger charge is -2.08. The van der Waals surface area contributed by atoms with Crippen LogP contribution in [0, 0.1) is 0 Å². The zero-order valence-electron chi connectivity index (χ0n) is 12.7. The second kappa shape index (κ2) is 5.91. The van der Waals surface area contributed by atoms with Gasteiger partial charge >= 0.3 is 0 Å². The third-order valence-electron chi connectivity index (χ3n) is 3.93. The molecule has 0 fully saturated rings. The van der Waals surface area contributed by atoms with Crippen molar-refractivity contribution in [3.63, 3.8) is 0 Å². The highest BCUT2D eigenvalue weighted by molar-refractivity contribution is 7.12. The molecule has 4 aromatic rings. The Kier molecular flexibility index (Phi) is 3.59. The van der Waals surface area contributed by atoms with Crippen molar-refractivity contribution in [2.75, 3.05) is 5.32 Å². The van der Waals surface area contributed by atoms with Gasteiger partial charge in [-0.25, -0.2) is 0 Å². The number of carbonyl (C=O) groups is 1. The van der Waals surface area contributed by atoms with Crippen LogP contribution in [0.15, 0.2) is 77.6 Å². The Morgan fingerprint density at radius 1 is 0.792 bits per heavy atom. The van der Waals surface area contributed by atoms with Crippen LogP contribution in [0.1, 0.15) is 9.67 Å². The van der Waals surface area contributed by atoms with E-state index in [-0.39, 0.29) is 10.6 Å². The van der Waals surface area contributed by atoms with Gasteiger partial charge in [0, 0.05) is 16.5 Å². The molecule has 0 unspecified atom stereocenters. The fraction of sp³-hybridized carbons (Fsp3) is 0. The number of rotatable bonds is 2. The molecule has 4 rings (SSSR count). The van der Waals surface area contributed by atoms with Gasteiger partial charge in [0.1, 0.15) is 0 Å². The van der Waals surface area contributed by atoms with Gasteiger partial charge in [0.25, 0.3) is 5.91 Å². The average molecular weight is 331 g/mol. The van der Waals surface area contributed by atoms with Crippen molar-refractivity contribution in [2.45, 2.75) is 0 Å². The number of nitrogens with one attached hydrogen (secondary N) is 1. The molecule has 0 saturated heterocycles. The molecule has 0 atom stereocenters. The highest BCUT2D eigenvalue weighted by Gasteiger charge is 2.11. The second-order valence-corrected chi connectivity index (χ2v) is 6.48. The van der Waals surface area contributed by atoms with Crippen LogP contribution in [0.5, 0.6) is 0 Å². The Morgan fingerprint density at radius 2 is 1.46 bits per heavy atom. The summed E-state index contributed by atoms with van der Waals surface area (Å²) in [6, 6.07) is 22.7. The Labute approximate surface area is 142 Å². The molecule has 0 aliphatic carbocycles. The van der Waals surface area contributed by atoms with Gasteiger partial charge < -0.3 is 5.32 Å². The van der Waals surface area contributed by atoms with Gasteiger partial charge in [0.15, 0.2) is 0 Å². The second-order valence-electron chi connectivity index (χ2n) is 5.47. The smallest absolute Gasteiger partial charge is 0.265 e. The van der Waals surface area contributed by atoms with E-state index < -0.39 is 0 Å². The van der Waals surface area contributed by atoms with Crippen LogP contribution in [0.2, 0.25) is 0 Å². The normalized spacial score (nSPS) is 10.8. The minimum atomic E-state index is -0.265. The van der Waals surface area contributed by atoms with Crippen LogP contribution in [0.4, 0.5) is 5.69 Å². The summed E-state index contributed by atoms with van der Waals surface area (Å²) in [6.07, 6.45) is 0. The van der Waals surface area contributed by atoms with Crippen molar-refractivity contribution >= 4 is 44.5 Å². The first-order chi connectivity index (χ1) is 11.7. The van der Waals surface area contributed by atoms with E-state index in [0.29, 0.717) is 10.3 Å². The summed E-state index contributed by atoms with van der Waals surface area (Å²) in [5.41, 5.74) is 0.742. The fourth-order valence-electron chi connectivity index (χ4n) is 2.76. The number of hydrogen-bond acceptors (Lipinski definition) is 3. The van der Waals surface area contributed by atoms with Crippen LogP contribution < -0.4 is 10.1 Å². The lowest BCUT2D eigenvalue weighted by Crippen LogP contribution is -2.13. The maximum atomic E-state index is 12.6. The summed E-state index contributed by atoms with van der Waals surface area (Å²) in [5.74, 6) is -0.265. The predicted octanol–water partition coefficient (Wildman–Crippen LogP) is 4.67. The van der Waals surface area contributed by atoms with E-state index in [1.807, 2.05) is 60.7 Å². The van der Waals surface area contributed by atoms with Crippen LogP contribution in [0.3, 0.4) is 0 Å². The first-order valence-electron chi connectivity index (χ1n) is 7.54. The van der Waals surface area contributed by atoms with Gasteiger partial charge in [-0.1, -0.05) is 65.9 Å². The van der Waals surface area contributed by atoms with Crippen molar-refractivity contribution < 1.29 is 4.79 Å². The van der Waals surface area contributed by atoms with E-state index in [1.165, 1.54) is 0 Å². The molecule has 116 valence electrons. The molecule has 0 saturated carbocycles. The molecule has 1 heterocycles. The predicted molar refractivity (Wildman–Crippen MR) is 100.0 cm³/mol. The van der Waals surface area contributed by atoms with Gasteiger partial charge in [0.2, 0.25) is 4.74 Å². The maximum absolute atomic E-state index is 12.6. The highest BCUT2D eigenvalue weighted by atomic mass is 32.1. The highest BCUT2D eigenvalue weighted by Crippen LogP contribution is 2.24. The quantitative estimate of drug-likeness (QED) is 0.580. The third kappa shape index (κ3) is 2.57. The van der Waals surface area contributed by atoms with Crippen LogP contribution in [-0.2, 0) is 0 Å². The van der Waals surface area contributed by atoms with E-state index in [2.05, 4.69) is 5.32 Å². The molecule has 1 N–H and O–H groups in total. The zero-order chi connectivity index (χ0) is 16.5. The molecule has 1 amide bonds. The summed E-state index contributed by atoms with van der Waals surface area (Å²) < 4.78 is -0.101. The number of carbonyl (C=O) groups excluding carboxylic acids is 1. The molecule has 0 spiro atoms. The van der Waals surface area contributed by atoms with E-state index in [1.54, 1.807) is 12.1 Å². The molecule has 24 heavy (non-hydrogen) atoms. The van der Waals surface area contributed by atoms with Gasteiger partial charge in [0.05, 0.1) is 4.88 Å². The summed E-state index contributed by atoms with van der Waals surface area (Å²) in [5, 5.41) is 6.38. The monoisotopic (exact) mass is 331 g/mol. The average Bonchev–Trinajstić information content (AvgIpc) is 2.62. The molecule has 0 radical (unpaired) electrons. The molecule has 0 bridgehead atoms. The number of anilines is 1. The Balaban J connectivity index is 1.75. The van der Waals surface area contributed by atoms with Gasteiger partial charge in [-0.3, -0.25) is 9.59 Å². The van der Waals surface area contributed by atoms with Crippen molar-refractivity contribution in [3.05, 3.63) is 87.2 Å². The van der Waals surface area contributed by atoms with Crippen molar-refractivity contribution in [2.24, 2.45) is 0 Å². The van der Waals surface area contributed by atoms with Gasteiger partial charge in [-0.15, -0.1) is 0 Å². The molecule has 4 heteroatoms. The lowest BCUT2D eigenvalue weighted by molar-refractivity contribution is 0.103. The van der Waals surface area contributed by atoms with Crippen molar-refractivity contribution in [1.29, 1.82) is 0 Å². The summed E-state index contributed by atoms with van der Waals surface area (Å²) >= 11 is 0.972. The van der Waals surface area contributed by atoms with Gasteiger partial charge in [-0.2, -0.15) is 0 Å². The molecular weight excluding hydrogens is 318 g/mol. The van der Waals surface area contributed by atoms with Gasteiger partial charge in [-0.05, 0) is 29.0 Å². The minimum absolute atomic E-state index is 0.101. The van der Waals surface area contributed by atoms with E-state index >= 15 is 0 Å². The van der Waals surface area contributed by atoms with Crippen molar-refractivity contribution in [1.82, 2.24) is 0 Å². The number of amides is 1. The van der Waals surface area contributed by atoms with E-state index in [9.17, 15) is 9.59 Å². The Morgan fingerprint density at radius 3 is 2.29 bits per heavy atom. The number of fused-ring (bicyclic) bond motifs is 2. The largest absolute Gasteiger partial charge is 0.321 e. The first-order valence-corrected chi connectivity index (χ1v) is 8.36. The molecule has 0 aliphatic rings. The summed E-state index contributed by atoms with van der Waals surface area (Å²) in [7, 11) is 0.